The Bertz CT molecular complexity index is 642. The molecule has 1 aliphatic rings. The van der Waals surface area contributed by atoms with Gasteiger partial charge >= 0.3 is 0 Å². The zero-order valence-electron chi connectivity index (χ0n) is 18.6. The van der Waals surface area contributed by atoms with Crippen molar-refractivity contribution in [3.63, 3.8) is 0 Å². The molecule has 1 fully saturated rings. The van der Waals surface area contributed by atoms with Crippen LogP contribution in [-0.4, -0.2) is 84.6 Å². The SMILES string of the molecule is CCNC(=NCC(=O)NC(C)(C)C)NCCCN1CCN(c2ncccn2)CC1.I. The molecule has 1 aromatic rings. The van der Waals surface area contributed by atoms with Gasteiger partial charge in [-0.1, -0.05) is 0 Å². The summed E-state index contributed by atoms with van der Waals surface area (Å²) in [6, 6.07) is 1.84. The molecule has 0 radical (unpaired) electrons. The molecule has 0 atom stereocenters. The highest BCUT2D eigenvalue weighted by Gasteiger charge is 2.18. The van der Waals surface area contributed by atoms with Gasteiger partial charge in [0.1, 0.15) is 6.54 Å². The summed E-state index contributed by atoms with van der Waals surface area (Å²) in [4.78, 5) is 29.7. The molecule has 0 aromatic carbocycles. The van der Waals surface area contributed by atoms with Crippen LogP contribution in [0, 0.1) is 0 Å². The zero-order chi connectivity index (χ0) is 21.1. The van der Waals surface area contributed by atoms with E-state index in [1.807, 2.05) is 33.8 Å². The molecule has 2 heterocycles. The largest absolute Gasteiger partial charge is 0.357 e. The molecule has 30 heavy (non-hydrogen) atoms. The zero-order valence-corrected chi connectivity index (χ0v) is 21.0. The molecule has 0 bridgehead atoms. The molecular formula is C20H37IN8O. The first kappa shape index (κ1) is 26.3. The van der Waals surface area contributed by atoms with Crippen LogP contribution < -0.4 is 20.9 Å². The lowest BCUT2D eigenvalue weighted by Gasteiger charge is -2.34. The molecular weight excluding hydrogens is 495 g/mol. The summed E-state index contributed by atoms with van der Waals surface area (Å²) in [5.74, 6) is 1.42. The standard InChI is InChI=1S/C20H36N8O.HI/c1-5-21-18(25-16-17(29)26-20(2,3)4)22-10-7-11-27-12-14-28(15-13-27)19-23-8-6-9-24-19;/h6,8-9H,5,7,10-16H2,1-4H3,(H,26,29)(H2,21,22,25);1H. The first-order chi connectivity index (χ1) is 13.9. The van der Waals surface area contributed by atoms with Gasteiger partial charge in [0.2, 0.25) is 11.9 Å². The van der Waals surface area contributed by atoms with Crippen molar-refractivity contribution in [2.24, 2.45) is 4.99 Å². The number of carbonyl (C=O) groups excluding carboxylic acids is 1. The normalized spacial score (nSPS) is 15.3. The average Bonchev–Trinajstić information content (AvgIpc) is 2.69. The summed E-state index contributed by atoms with van der Waals surface area (Å²) in [7, 11) is 0. The van der Waals surface area contributed by atoms with Gasteiger partial charge in [0.15, 0.2) is 5.96 Å². The Morgan fingerprint density at radius 1 is 1.13 bits per heavy atom. The molecule has 3 N–H and O–H groups in total. The highest BCUT2D eigenvalue weighted by molar-refractivity contribution is 14.0. The van der Waals surface area contributed by atoms with Gasteiger partial charge in [-0.2, -0.15) is 0 Å². The summed E-state index contributed by atoms with van der Waals surface area (Å²) in [5.41, 5.74) is -0.241. The first-order valence-electron chi connectivity index (χ1n) is 10.4. The van der Waals surface area contributed by atoms with Crippen LogP contribution in [0.3, 0.4) is 0 Å². The number of aliphatic imine (C=N–C) groups is 1. The van der Waals surface area contributed by atoms with E-state index in [9.17, 15) is 4.79 Å². The monoisotopic (exact) mass is 532 g/mol. The summed E-state index contributed by atoms with van der Waals surface area (Å²) in [5, 5.41) is 9.42. The highest BCUT2D eigenvalue weighted by Crippen LogP contribution is 2.09. The van der Waals surface area contributed by atoms with Crippen LogP contribution in [0.5, 0.6) is 0 Å². The molecule has 170 valence electrons. The van der Waals surface area contributed by atoms with E-state index in [-0.39, 0.29) is 42.0 Å². The Morgan fingerprint density at radius 2 is 1.80 bits per heavy atom. The Labute approximate surface area is 197 Å². The van der Waals surface area contributed by atoms with Crippen molar-refractivity contribution in [3.8, 4) is 0 Å². The minimum Gasteiger partial charge on any atom is -0.357 e. The van der Waals surface area contributed by atoms with Crippen molar-refractivity contribution in [1.29, 1.82) is 0 Å². The number of hydrogen-bond acceptors (Lipinski definition) is 6. The van der Waals surface area contributed by atoms with Gasteiger partial charge in [0.25, 0.3) is 0 Å². The lowest BCUT2D eigenvalue weighted by Crippen LogP contribution is -2.47. The number of nitrogens with zero attached hydrogens (tertiary/aromatic N) is 5. The third-order valence-corrected chi connectivity index (χ3v) is 4.39. The molecule has 2 rings (SSSR count). The number of anilines is 1. The first-order valence-corrected chi connectivity index (χ1v) is 10.4. The summed E-state index contributed by atoms with van der Waals surface area (Å²) < 4.78 is 0. The lowest BCUT2D eigenvalue weighted by molar-refractivity contribution is -0.121. The summed E-state index contributed by atoms with van der Waals surface area (Å²) in [6.45, 7) is 14.6. The summed E-state index contributed by atoms with van der Waals surface area (Å²) in [6.07, 6.45) is 4.59. The van der Waals surface area contributed by atoms with Crippen LogP contribution in [0.1, 0.15) is 34.1 Å². The molecule has 1 aliphatic heterocycles. The molecule has 10 heteroatoms. The van der Waals surface area contributed by atoms with Gasteiger partial charge < -0.3 is 20.9 Å². The van der Waals surface area contributed by atoms with E-state index in [1.165, 1.54) is 0 Å². The van der Waals surface area contributed by atoms with Crippen LogP contribution in [0.2, 0.25) is 0 Å². The number of hydrogen-bond donors (Lipinski definition) is 3. The van der Waals surface area contributed by atoms with Crippen molar-refractivity contribution in [1.82, 2.24) is 30.8 Å². The van der Waals surface area contributed by atoms with Crippen LogP contribution in [0.15, 0.2) is 23.5 Å². The number of rotatable bonds is 8. The van der Waals surface area contributed by atoms with Gasteiger partial charge in [-0.05, 0) is 46.7 Å². The molecule has 9 nitrogen and oxygen atoms in total. The van der Waals surface area contributed by atoms with Crippen LogP contribution in [-0.2, 0) is 4.79 Å². The quantitative estimate of drug-likeness (QED) is 0.200. The van der Waals surface area contributed by atoms with E-state index in [4.69, 9.17) is 0 Å². The maximum Gasteiger partial charge on any atom is 0.242 e. The smallest absolute Gasteiger partial charge is 0.242 e. The Morgan fingerprint density at radius 3 is 2.40 bits per heavy atom. The maximum atomic E-state index is 11.9. The van der Waals surface area contributed by atoms with Crippen molar-refractivity contribution in [3.05, 3.63) is 18.5 Å². The second-order valence-electron chi connectivity index (χ2n) is 8.15. The number of carbonyl (C=O) groups is 1. The van der Waals surface area contributed by atoms with E-state index in [2.05, 4.69) is 40.7 Å². The predicted octanol–water partition coefficient (Wildman–Crippen LogP) is 1.08. The number of amides is 1. The Kier molecular flexibility index (Phi) is 11.9. The lowest BCUT2D eigenvalue weighted by atomic mass is 10.1. The maximum absolute atomic E-state index is 11.9. The summed E-state index contributed by atoms with van der Waals surface area (Å²) >= 11 is 0. The molecule has 1 aromatic heterocycles. The average molecular weight is 532 g/mol. The van der Waals surface area contributed by atoms with Crippen molar-refractivity contribution in [2.45, 2.75) is 39.7 Å². The Balaban J connectivity index is 0.00000450. The number of piperazine rings is 1. The molecule has 1 amide bonds. The molecule has 0 unspecified atom stereocenters. The van der Waals surface area contributed by atoms with Gasteiger partial charge in [0.05, 0.1) is 0 Å². The second kappa shape index (κ2) is 13.6. The number of aromatic nitrogens is 2. The van der Waals surface area contributed by atoms with E-state index < -0.39 is 0 Å². The van der Waals surface area contributed by atoms with Gasteiger partial charge in [0, 0.05) is 57.2 Å². The van der Waals surface area contributed by atoms with Crippen LogP contribution in [0.25, 0.3) is 0 Å². The Hall–Kier alpha value is -1.69. The fraction of sp³-hybridized carbons (Fsp3) is 0.700. The van der Waals surface area contributed by atoms with Crippen molar-refractivity contribution < 1.29 is 4.79 Å². The molecule has 0 spiro atoms. The third-order valence-electron chi connectivity index (χ3n) is 4.39. The number of halogens is 1. The number of guanidine groups is 1. The van der Waals surface area contributed by atoms with Gasteiger partial charge in [-0.25, -0.2) is 15.0 Å². The molecule has 0 aliphatic carbocycles. The number of nitrogens with one attached hydrogen (secondary N) is 3. The van der Waals surface area contributed by atoms with Crippen molar-refractivity contribution >= 4 is 41.8 Å². The highest BCUT2D eigenvalue weighted by atomic mass is 127. The third kappa shape index (κ3) is 10.4. The van der Waals surface area contributed by atoms with Crippen LogP contribution in [0.4, 0.5) is 5.95 Å². The second-order valence-corrected chi connectivity index (χ2v) is 8.15. The van der Waals surface area contributed by atoms with Crippen LogP contribution >= 0.6 is 24.0 Å². The fourth-order valence-corrected chi connectivity index (χ4v) is 3.09. The predicted molar refractivity (Wildman–Crippen MR) is 133 cm³/mol. The minimum absolute atomic E-state index is 0. The van der Waals surface area contributed by atoms with Gasteiger partial charge in [-0.3, -0.25) is 9.69 Å². The van der Waals surface area contributed by atoms with E-state index in [0.717, 1.165) is 58.2 Å². The topological polar surface area (TPSA) is 97.8 Å². The fourth-order valence-electron chi connectivity index (χ4n) is 3.09. The molecule has 0 saturated carbocycles. The van der Waals surface area contributed by atoms with Gasteiger partial charge in [-0.15, -0.1) is 24.0 Å². The van der Waals surface area contributed by atoms with E-state index >= 15 is 0 Å². The van der Waals surface area contributed by atoms with E-state index in [1.54, 1.807) is 12.4 Å². The minimum atomic E-state index is -0.241. The van der Waals surface area contributed by atoms with E-state index in [0.29, 0.717) is 5.96 Å². The van der Waals surface area contributed by atoms with Crippen molar-refractivity contribution in [2.75, 3.05) is 57.3 Å². The molecule has 1 saturated heterocycles.